The minimum Gasteiger partial charge on any atom is -0.486 e. The van der Waals surface area contributed by atoms with E-state index in [2.05, 4.69) is 4.98 Å². The van der Waals surface area contributed by atoms with Crippen LogP contribution in [0.3, 0.4) is 0 Å². The fourth-order valence-electron chi connectivity index (χ4n) is 2.74. The average Bonchev–Trinajstić information content (AvgIpc) is 2.97. The lowest BCUT2D eigenvalue weighted by Gasteiger charge is -2.07. The molecule has 0 spiro atoms. The number of aryl methyl sites for hydroxylation is 1. The topological polar surface area (TPSA) is 36.3 Å². The minimum atomic E-state index is 0.402. The van der Waals surface area contributed by atoms with E-state index in [1.165, 1.54) is 0 Å². The fourth-order valence-corrected chi connectivity index (χ4v) is 2.92. The van der Waals surface area contributed by atoms with E-state index in [9.17, 15) is 0 Å². The Kier molecular flexibility index (Phi) is 4.50. The van der Waals surface area contributed by atoms with Crippen LogP contribution in [0.2, 0.25) is 5.02 Å². The van der Waals surface area contributed by atoms with Gasteiger partial charge in [-0.25, -0.2) is 4.98 Å². The highest BCUT2D eigenvalue weighted by atomic mass is 35.5. The summed E-state index contributed by atoms with van der Waals surface area (Å²) < 4.78 is 13.7. The van der Waals surface area contributed by atoms with E-state index >= 15 is 0 Å². The molecule has 3 aromatic carbocycles. The standard InChI is InChI=1S/C21H17ClN2O2/c1-24-20-13-18(26-17-9-5-6-15(22)12-17)10-11-19(20)23-21(24)14-25-16-7-3-2-4-8-16/h2-13H,14H2,1H3. The van der Waals surface area contributed by atoms with Crippen LogP contribution in [0, 0.1) is 0 Å². The van der Waals surface area contributed by atoms with Crippen LogP contribution in [0.1, 0.15) is 5.82 Å². The zero-order valence-corrected chi connectivity index (χ0v) is 15.0. The Morgan fingerprint density at radius 3 is 2.46 bits per heavy atom. The lowest BCUT2D eigenvalue weighted by Crippen LogP contribution is -2.03. The molecule has 130 valence electrons. The van der Waals surface area contributed by atoms with Crippen LogP contribution in [0.25, 0.3) is 11.0 Å². The number of aromatic nitrogens is 2. The van der Waals surface area contributed by atoms with Gasteiger partial charge in [-0.05, 0) is 42.5 Å². The van der Waals surface area contributed by atoms with E-state index in [1.807, 2.05) is 78.3 Å². The SMILES string of the molecule is Cn1c(COc2ccccc2)nc2ccc(Oc3cccc(Cl)c3)cc21. The van der Waals surface area contributed by atoms with Crippen molar-refractivity contribution >= 4 is 22.6 Å². The van der Waals surface area contributed by atoms with Gasteiger partial charge in [-0.15, -0.1) is 0 Å². The summed E-state index contributed by atoms with van der Waals surface area (Å²) in [6, 6.07) is 22.9. The molecule has 0 radical (unpaired) electrons. The van der Waals surface area contributed by atoms with Crippen molar-refractivity contribution in [3.63, 3.8) is 0 Å². The van der Waals surface area contributed by atoms with Gasteiger partial charge in [0.1, 0.15) is 29.7 Å². The second kappa shape index (κ2) is 7.10. The first-order valence-corrected chi connectivity index (χ1v) is 8.63. The molecule has 0 aliphatic rings. The molecule has 26 heavy (non-hydrogen) atoms. The molecule has 4 rings (SSSR count). The van der Waals surface area contributed by atoms with Gasteiger partial charge in [0, 0.05) is 18.1 Å². The van der Waals surface area contributed by atoms with Crippen molar-refractivity contribution in [1.29, 1.82) is 0 Å². The predicted molar refractivity (Wildman–Crippen MR) is 103 cm³/mol. The predicted octanol–water partition coefficient (Wildman–Crippen LogP) is 5.60. The first kappa shape index (κ1) is 16.5. The maximum Gasteiger partial charge on any atom is 0.147 e. The summed E-state index contributed by atoms with van der Waals surface area (Å²) in [5.41, 5.74) is 1.88. The Hall–Kier alpha value is -2.98. The normalized spacial score (nSPS) is 10.8. The third-order valence-corrected chi connectivity index (χ3v) is 4.32. The lowest BCUT2D eigenvalue weighted by molar-refractivity contribution is 0.292. The van der Waals surface area contributed by atoms with E-state index in [4.69, 9.17) is 21.1 Å². The largest absolute Gasteiger partial charge is 0.486 e. The number of fused-ring (bicyclic) bond motifs is 1. The summed E-state index contributed by atoms with van der Waals surface area (Å²) in [5, 5.41) is 0.643. The molecule has 0 saturated heterocycles. The quantitative estimate of drug-likeness (QED) is 0.462. The monoisotopic (exact) mass is 364 g/mol. The van der Waals surface area contributed by atoms with E-state index in [0.717, 1.165) is 28.4 Å². The number of hydrogen-bond donors (Lipinski definition) is 0. The molecule has 0 aliphatic heterocycles. The van der Waals surface area contributed by atoms with Gasteiger partial charge in [-0.1, -0.05) is 35.9 Å². The van der Waals surface area contributed by atoms with Crippen molar-refractivity contribution in [2.24, 2.45) is 7.05 Å². The maximum absolute atomic E-state index is 6.01. The summed E-state index contributed by atoms with van der Waals surface area (Å²) in [6.07, 6.45) is 0. The number of rotatable bonds is 5. The van der Waals surface area contributed by atoms with Gasteiger partial charge in [-0.2, -0.15) is 0 Å². The van der Waals surface area contributed by atoms with Crippen LogP contribution in [-0.2, 0) is 13.7 Å². The second-order valence-corrected chi connectivity index (χ2v) is 6.34. The lowest BCUT2D eigenvalue weighted by atomic mass is 10.3. The summed E-state index contributed by atoms with van der Waals surface area (Å²) in [7, 11) is 1.97. The Bertz CT molecular complexity index is 1040. The molecule has 0 atom stereocenters. The highest BCUT2D eigenvalue weighted by Crippen LogP contribution is 2.27. The first-order chi connectivity index (χ1) is 12.7. The van der Waals surface area contributed by atoms with Gasteiger partial charge < -0.3 is 14.0 Å². The number of imidazole rings is 1. The van der Waals surface area contributed by atoms with Gasteiger partial charge >= 0.3 is 0 Å². The second-order valence-electron chi connectivity index (χ2n) is 5.90. The number of ether oxygens (including phenoxy) is 2. The molecule has 0 fully saturated rings. The van der Waals surface area contributed by atoms with Crippen LogP contribution < -0.4 is 9.47 Å². The molecule has 0 N–H and O–H groups in total. The first-order valence-electron chi connectivity index (χ1n) is 8.26. The van der Waals surface area contributed by atoms with Crippen molar-refractivity contribution in [2.75, 3.05) is 0 Å². The van der Waals surface area contributed by atoms with E-state index in [-0.39, 0.29) is 0 Å². The molecule has 0 aliphatic carbocycles. The van der Waals surface area contributed by atoms with Crippen LogP contribution in [-0.4, -0.2) is 9.55 Å². The Balaban J connectivity index is 1.57. The number of benzene rings is 3. The van der Waals surface area contributed by atoms with Crippen molar-refractivity contribution in [2.45, 2.75) is 6.61 Å². The Morgan fingerprint density at radius 2 is 1.65 bits per heavy atom. The Labute approximate surface area is 156 Å². The van der Waals surface area contributed by atoms with Crippen LogP contribution in [0.4, 0.5) is 0 Å². The number of halogens is 1. The van der Waals surface area contributed by atoms with E-state index in [0.29, 0.717) is 17.4 Å². The number of hydrogen-bond acceptors (Lipinski definition) is 3. The molecule has 0 saturated carbocycles. The molecule has 5 heteroatoms. The molecule has 0 amide bonds. The molecule has 4 nitrogen and oxygen atoms in total. The molecule has 4 aromatic rings. The molecule has 0 unspecified atom stereocenters. The molecule has 1 aromatic heterocycles. The highest BCUT2D eigenvalue weighted by molar-refractivity contribution is 6.30. The molecular weight excluding hydrogens is 348 g/mol. The third kappa shape index (κ3) is 3.51. The van der Waals surface area contributed by atoms with E-state index in [1.54, 1.807) is 6.07 Å². The minimum absolute atomic E-state index is 0.402. The van der Waals surface area contributed by atoms with Gasteiger partial charge in [0.15, 0.2) is 0 Å². The fraction of sp³-hybridized carbons (Fsp3) is 0.0952. The number of para-hydroxylation sites is 1. The Morgan fingerprint density at radius 1 is 0.885 bits per heavy atom. The van der Waals surface area contributed by atoms with Crippen molar-refractivity contribution in [3.8, 4) is 17.2 Å². The van der Waals surface area contributed by atoms with Crippen LogP contribution in [0.15, 0.2) is 72.8 Å². The van der Waals surface area contributed by atoms with Gasteiger partial charge in [0.2, 0.25) is 0 Å². The van der Waals surface area contributed by atoms with Crippen molar-refractivity contribution in [1.82, 2.24) is 9.55 Å². The van der Waals surface area contributed by atoms with Crippen LogP contribution >= 0.6 is 11.6 Å². The molecular formula is C21H17ClN2O2. The zero-order valence-electron chi connectivity index (χ0n) is 14.2. The highest BCUT2D eigenvalue weighted by Gasteiger charge is 2.10. The van der Waals surface area contributed by atoms with Crippen molar-refractivity contribution in [3.05, 3.63) is 83.6 Å². The summed E-state index contributed by atoms with van der Waals surface area (Å²) >= 11 is 6.01. The van der Waals surface area contributed by atoms with Crippen LogP contribution in [0.5, 0.6) is 17.2 Å². The van der Waals surface area contributed by atoms with Gasteiger partial charge in [0.05, 0.1) is 11.0 Å². The molecule has 0 bridgehead atoms. The average molecular weight is 365 g/mol. The van der Waals surface area contributed by atoms with E-state index < -0.39 is 0 Å². The summed E-state index contributed by atoms with van der Waals surface area (Å²) in [6.45, 7) is 0.402. The van der Waals surface area contributed by atoms with Crippen molar-refractivity contribution < 1.29 is 9.47 Å². The van der Waals surface area contributed by atoms with Gasteiger partial charge in [0.25, 0.3) is 0 Å². The third-order valence-electron chi connectivity index (χ3n) is 4.09. The maximum atomic E-state index is 6.01. The zero-order chi connectivity index (χ0) is 17.9. The smallest absolute Gasteiger partial charge is 0.147 e. The summed E-state index contributed by atoms with van der Waals surface area (Å²) in [4.78, 5) is 4.65. The summed E-state index contributed by atoms with van der Waals surface area (Å²) in [5.74, 6) is 3.11. The van der Waals surface area contributed by atoms with Gasteiger partial charge in [-0.3, -0.25) is 0 Å². The molecule has 1 heterocycles. The number of nitrogens with zero attached hydrogens (tertiary/aromatic N) is 2.